The minimum absolute atomic E-state index is 0.177. The maximum atomic E-state index is 13.2. The molecule has 6 rings (SSSR count). The number of hydrogen-bond acceptors (Lipinski definition) is 8. The topological polar surface area (TPSA) is 139 Å². The van der Waals surface area contributed by atoms with E-state index in [0.717, 1.165) is 44.3 Å². The zero-order chi connectivity index (χ0) is 32.0. The number of ether oxygens (including phenoxy) is 1. The van der Waals surface area contributed by atoms with Crippen LogP contribution in [0.1, 0.15) is 54.1 Å². The van der Waals surface area contributed by atoms with Gasteiger partial charge in [0.15, 0.2) is 0 Å². The van der Waals surface area contributed by atoms with Crippen molar-refractivity contribution < 1.29 is 27.5 Å². The highest BCUT2D eigenvalue weighted by molar-refractivity contribution is 6.05. The Balaban J connectivity index is 1.14. The van der Waals surface area contributed by atoms with Crippen LogP contribution in [0.3, 0.4) is 0 Å². The Labute approximate surface area is 259 Å². The zero-order valence-corrected chi connectivity index (χ0v) is 24.9. The maximum Gasteiger partial charge on any atom is 0.416 e. The van der Waals surface area contributed by atoms with Gasteiger partial charge in [-0.3, -0.25) is 9.59 Å². The standard InChI is InChI=1S/C32H36F3N7O3/c1-30(18-45-19-30)29(44)42-14-10-31(8-9-31)23(17-42)7-13-41-15-12-39-27(37)26(41)25(36)20-2-4-21(5-3-20)28(43)40-24-16-22(6-11-38-24)32(33,34)35/h2-6,11-12,15-16,23H,7-10,13-14,17-19,36H2,1H3,(H2,37,39)(H,38,40,43)/b26-25-. The number of aromatic nitrogens is 1. The first-order valence-corrected chi connectivity index (χ1v) is 15.0. The van der Waals surface area contributed by atoms with E-state index in [2.05, 4.69) is 15.3 Å². The number of carbonyl (C=O) groups excluding carboxylic acids is 2. The highest BCUT2D eigenvalue weighted by Gasteiger charge is 2.54. The van der Waals surface area contributed by atoms with Gasteiger partial charge in [-0.05, 0) is 73.8 Å². The number of rotatable bonds is 7. The summed E-state index contributed by atoms with van der Waals surface area (Å²) in [6, 6.07) is 7.96. The molecule has 0 radical (unpaired) electrons. The number of pyridine rings is 1. The smallest absolute Gasteiger partial charge is 0.396 e. The number of nitrogens with two attached hydrogens (primary N) is 2. The van der Waals surface area contributed by atoms with Crippen molar-refractivity contribution in [3.63, 3.8) is 0 Å². The third kappa shape index (κ3) is 6.13. The van der Waals surface area contributed by atoms with E-state index < -0.39 is 23.1 Å². The van der Waals surface area contributed by atoms with Gasteiger partial charge in [0.1, 0.15) is 17.4 Å². The Morgan fingerprint density at radius 2 is 1.82 bits per heavy atom. The molecule has 1 atom stereocenters. The van der Waals surface area contributed by atoms with Gasteiger partial charge >= 0.3 is 6.18 Å². The summed E-state index contributed by atoms with van der Waals surface area (Å²) in [4.78, 5) is 38.0. The molecule has 1 unspecified atom stereocenters. The van der Waals surface area contributed by atoms with Crippen LogP contribution in [0.4, 0.5) is 19.0 Å². The molecule has 0 bridgehead atoms. The van der Waals surface area contributed by atoms with Gasteiger partial charge in [0.2, 0.25) is 5.91 Å². The fraction of sp³-hybridized carbons (Fsp3) is 0.438. The van der Waals surface area contributed by atoms with Crippen molar-refractivity contribution in [3.05, 3.63) is 77.4 Å². The molecule has 1 aromatic carbocycles. The average Bonchev–Trinajstić information content (AvgIpc) is 3.78. The number of halogens is 3. The number of amidine groups is 1. The fourth-order valence-corrected chi connectivity index (χ4v) is 6.48. The van der Waals surface area contributed by atoms with Gasteiger partial charge < -0.3 is 31.3 Å². The summed E-state index contributed by atoms with van der Waals surface area (Å²) in [6.07, 6.45) is 4.10. The van der Waals surface area contributed by atoms with Crippen LogP contribution in [0.15, 0.2) is 65.7 Å². The lowest BCUT2D eigenvalue weighted by atomic mass is 9.78. The summed E-state index contributed by atoms with van der Waals surface area (Å²) < 4.78 is 44.4. The number of piperidine rings is 1. The molecule has 4 aliphatic rings. The van der Waals surface area contributed by atoms with Crippen LogP contribution in [0.5, 0.6) is 0 Å². The first-order chi connectivity index (χ1) is 21.4. The lowest BCUT2D eigenvalue weighted by Crippen LogP contribution is -2.56. The minimum Gasteiger partial charge on any atom is -0.396 e. The van der Waals surface area contributed by atoms with Crippen LogP contribution in [0.2, 0.25) is 0 Å². The monoisotopic (exact) mass is 623 g/mol. The fourth-order valence-electron chi connectivity index (χ4n) is 6.48. The van der Waals surface area contributed by atoms with Crippen LogP contribution >= 0.6 is 0 Å². The Bertz CT molecular complexity index is 1580. The zero-order valence-electron chi connectivity index (χ0n) is 24.9. The second-order valence-corrected chi connectivity index (χ2v) is 12.6. The Kier molecular flexibility index (Phi) is 7.84. The number of nitrogens with one attached hydrogen (secondary N) is 1. The predicted octanol–water partition coefficient (Wildman–Crippen LogP) is 4.18. The number of amides is 2. The normalized spacial score (nSPS) is 22.8. The number of nitrogens with zero attached hydrogens (tertiary/aromatic N) is 4. The van der Waals surface area contributed by atoms with Crippen molar-refractivity contribution in [2.24, 2.45) is 33.2 Å². The molecule has 3 aliphatic heterocycles. The third-order valence-corrected chi connectivity index (χ3v) is 9.47. The van der Waals surface area contributed by atoms with Crippen molar-refractivity contribution >= 4 is 29.2 Å². The number of anilines is 1. The van der Waals surface area contributed by atoms with Crippen LogP contribution in [0.25, 0.3) is 5.70 Å². The third-order valence-electron chi connectivity index (χ3n) is 9.47. The van der Waals surface area contributed by atoms with E-state index >= 15 is 0 Å². The number of benzene rings is 1. The van der Waals surface area contributed by atoms with Crippen molar-refractivity contribution in [2.45, 2.75) is 38.8 Å². The lowest BCUT2D eigenvalue weighted by Gasteiger charge is -2.45. The lowest BCUT2D eigenvalue weighted by molar-refractivity contribution is -0.171. The number of alkyl halides is 3. The van der Waals surface area contributed by atoms with Crippen molar-refractivity contribution in [2.75, 3.05) is 38.2 Å². The van der Waals surface area contributed by atoms with Crippen LogP contribution in [-0.4, -0.2) is 65.3 Å². The van der Waals surface area contributed by atoms with Gasteiger partial charge in [0.25, 0.3) is 5.91 Å². The Morgan fingerprint density at radius 1 is 1.11 bits per heavy atom. The first kappa shape index (κ1) is 30.6. The van der Waals surface area contributed by atoms with Crippen LogP contribution < -0.4 is 16.8 Å². The molecular formula is C32H36F3N7O3. The molecule has 1 aliphatic carbocycles. The molecule has 13 heteroatoms. The van der Waals surface area contributed by atoms with Crippen molar-refractivity contribution in [1.29, 1.82) is 0 Å². The number of hydrogen-bond donors (Lipinski definition) is 3. The SMILES string of the molecule is CC1(C(=O)N2CCC3(CC3)C(CCN3C=CN=C(N)/C3=C(/N)c3ccc(C(=O)Nc4cc(C(F)(F)F)ccn4)cc3)C2)COC1. The maximum absolute atomic E-state index is 13.2. The second-order valence-electron chi connectivity index (χ2n) is 12.6. The number of carbonyl (C=O) groups is 2. The largest absolute Gasteiger partial charge is 0.416 e. The van der Waals surface area contributed by atoms with Gasteiger partial charge in [0.05, 0.1) is 29.9 Å². The molecule has 10 nitrogen and oxygen atoms in total. The van der Waals surface area contributed by atoms with Crippen molar-refractivity contribution in [1.82, 2.24) is 14.8 Å². The quantitative estimate of drug-likeness (QED) is 0.421. The summed E-state index contributed by atoms with van der Waals surface area (Å²) in [6.45, 7) is 5.06. The van der Waals surface area contributed by atoms with Gasteiger partial charge in [-0.1, -0.05) is 12.1 Å². The summed E-state index contributed by atoms with van der Waals surface area (Å²) in [5.41, 5.74) is 13.6. The Hall–Kier alpha value is -4.39. The summed E-state index contributed by atoms with van der Waals surface area (Å²) >= 11 is 0. The second kappa shape index (κ2) is 11.5. The Morgan fingerprint density at radius 3 is 2.47 bits per heavy atom. The molecule has 2 aromatic rings. The highest BCUT2D eigenvalue weighted by Crippen LogP contribution is 2.58. The van der Waals surface area contributed by atoms with Gasteiger partial charge in [-0.15, -0.1) is 0 Å². The van der Waals surface area contributed by atoms with Gasteiger partial charge in [-0.2, -0.15) is 13.2 Å². The first-order valence-electron chi connectivity index (χ1n) is 15.0. The summed E-state index contributed by atoms with van der Waals surface area (Å²) in [7, 11) is 0. The molecular weight excluding hydrogens is 587 g/mol. The summed E-state index contributed by atoms with van der Waals surface area (Å²) in [5, 5.41) is 2.40. The molecule has 2 saturated heterocycles. The molecule has 1 saturated carbocycles. The van der Waals surface area contributed by atoms with Gasteiger partial charge in [0, 0.05) is 43.8 Å². The molecule has 238 valence electrons. The van der Waals surface area contributed by atoms with E-state index in [1.165, 1.54) is 25.0 Å². The number of aliphatic imine (C=N–C) groups is 1. The van der Waals surface area contributed by atoms with E-state index in [-0.39, 0.29) is 28.5 Å². The van der Waals surface area contributed by atoms with Crippen LogP contribution in [0, 0.1) is 16.7 Å². The van der Waals surface area contributed by atoms with Crippen LogP contribution in [-0.2, 0) is 15.7 Å². The van der Waals surface area contributed by atoms with E-state index in [0.29, 0.717) is 42.6 Å². The summed E-state index contributed by atoms with van der Waals surface area (Å²) in [5.74, 6) is -0.0436. The molecule has 2 amide bonds. The molecule has 4 heterocycles. The van der Waals surface area contributed by atoms with E-state index in [4.69, 9.17) is 16.2 Å². The minimum atomic E-state index is -4.55. The van der Waals surface area contributed by atoms with E-state index in [1.54, 1.807) is 18.3 Å². The van der Waals surface area contributed by atoms with E-state index in [9.17, 15) is 22.8 Å². The molecule has 5 N–H and O–H groups in total. The molecule has 1 spiro atoms. The predicted molar refractivity (Wildman–Crippen MR) is 162 cm³/mol. The molecule has 3 fully saturated rings. The van der Waals surface area contributed by atoms with Gasteiger partial charge in [-0.25, -0.2) is 9.98 Å². The van der Waals surface area contributed by atoms with E-state index in [1.807, 2.05) is 22.9 Å². The average molecular weight is 624 g/mol. The number of likely N-dealkylation sites (tertiary alicyclic amines) is 1. The molecule has 45 heavy (non-hydrogen) atoms. The highest BCUT2D eigenvalue weighted by atomic mass is 19.4. The van der Waals surface area contributed by atoms with Crippen molar-refractivity contribution in [3.8, 4) is 0 Å². The molecule has 1 aromatic heterocycles.